The van der Waals surface area contributed by atoms with E-state index < -0.39 is 0 Å². The van der Waals surface area contributed by atoms with Crippen molar-refractivity contribution in [1.29, 1.82) is 0 Å². The summed E-state index contributed by atoms with van der Waals surface area (Å²) in [6.45, 7) is 2.10. The zero-order valence-corrected chi connectivity index (χ0v) is 9.77. The third-order valence-corrected chi connectivity index (χ3v) is 3.07. The molecule has 3 rings (SSSR count). The van der Waals surface area contributed by atoms with Crippen LogP contribution in [0, 0.1) is 6.92 Å². The number of fused-ring (bicyclic) bond motifs is 1. The first-order valence-corrected chi connectivity index (χ1v) is 5.80. The van der Waals surface area contributed by atoms with E-state index in [9.17, 15) is 0 Å². The Kier molecular flexibility index (Phi) is 2.15. The Bertz CT molecular complexity index is 696. The van der Waals surface area contributed by atoms with E-state index in [0.717, 1.165) is 5.39 Å². The van der Waals surface area contributed by atoms with Crippen LogP contribution in [0.3, 0.4) is 0 Å². The molecule has 0 heterocycles. The van der Waals surface area contributed by atoms with Crippen LogP contribution < -0.4 is 0 Å². The Morgan fingerprint density at radius 1 is 0.765 bits per heavy atom. The highest BCUT2D eigenvalue weighted by molar-refractivity contribution is 5.87. The number of rotatable bonds is 1. The zero-order valence-electron chi connectivity index (χ0n) is 10.8. The second kappa shape index (κ2) is 4.06. The van der Waals surface area contributed by atoms with Gasteiger partial charge in [-0.15, -0.1) is 0 Å². The van der Waals surface area contributed by atoms with Crippen LogP contribution in [0.4, 0.5) is 0 Å². The van der Waals surface area contributed by atoms with Gasteiger partial charge in [0.1, 0.15) is 0 Å². The lowest BCUT2D eigenvalue weighted by Crippen LogP contribution is -1.79. The number of hydrogen-bond acceptors (Lipinski definition) is 0. The fourth-order valence-corrected chi connectivity index (χ4v) is 2.05. The molecule has 0 aromatic heterocycles. The van der Waals surface area contributed by atoms with Gasteiger partial charge in [-0.25, -0.2) is 0 Å². The van der Waals surface area contributed by atoms with Crippen LogP contribution in [-0.4, -0.2) is 0 Å². The first-order valence-electron chi connectivity index (χ1n) is 6.30. The van der Waals surface area contributed by atoms with Gasteiger partial charge in [0.15, 0.2) is 0 Å². The molecule has 0 unspecified atom stereocenters. The average Bonchev–Trinajstić information content (AvgIpc) is 2.39. The maximum Gasteiger partial charge on any atom is 0.0623 e. The van der Waals surface area contributed by atoms with Gasteiger partial charge < -0.3 is 0 Å². The molecule has 0 saturated carbocycles. The van der Waals surface area contributed by atoms with Crippen LogP contribution in [0.15, 0.2) is 66.7 Å². The normalized spacial score (nSPS) is 11.5. The van der Waals surface area contributed by atoms with E-state index in [4.69, 9.17) is 1.37 Å². The van der Waals surface area contributed by atoms with Gasteiger partial charge in [-0.1, -0.05) is 66.2 Å². The van der Waals surface area contributed by atoms with Crippen LogP contribution >= 0.6 is 0 Å². The summed E-state index contributed by atoms with van der Waals surface area (Å²) in [5.74, 6) is 0. The van der Waals surface area contributed by atoms with Gasteiger partial charge in [0.05, 0.1) is 1.37 Å². The van der Waals surface area contributed by atoms with Crippen molar-refractivity contribution in [1.82, 2.24) is 0 Å². The largest absolute Gasteiger partial charge is 0.0623 e. The summed E-state index contributed by atoms with van der Waals surface area (Å²) in [7, 11) is 0. The van der Waals surface area contributed by atoms with Gasteiger partial charge >= 0.3 is 0 Å². The van der Waals surface area contributed by atoms with Crippen molar-refractivity contribution in [3.05, 3.63) is 72.3 Å². The van der Waals surface area contributed by atoms with Crippen molar-refractivity contribution < 1.29 is 1.37 Å². The van der Waals surface area contributed by atoms with E-state index in [1.165, 1.54) is 22.1 Å². The lowest BCUT2D eigenvalue weighted by molar-refractivity contribution is 1.47. The molecule has 0 radical (unpaired) electrons. The predicted molar refractivity (Wildman–Crippen MR) is 74.1 cm³/mol. The minimum atomic E-state index is 0.561. The zero-order chi connectivity index (χ0) is 12.5. The first-order chi connectivity index (χ1) is 8.72. The van der Waals surface area contributed by atoms with Crippen LogP contribution in [-0.2, 0) is 0 Å². The lowest BCUT2D eigenvalue weighted by Gasteiger charge is -2.04. The molecule has 0 atom stereocenters. The smallest absolute Gasteiger partial charge is 0.0616 e. The first kappa shape index (κ1) is 9.00. The van der Waals surface area contributed by atoms with Crippen molar-refractivity contribution >= 4 is 10.8 Å². The summed E-state index contributed by atoms with van der Waals surface area (Å²) >= 11 is 0. The average molecular weight is 220 g/mol. The highest BCUT2D eigenvalue weighted by atomic mass is 14.0. The van der Waals surface area contributed by atoms with E-state index in [0.29, 0.717) is 6.04 Å². The second-order valence-corrected chi connectivity index (χ2v) is 4.35. The van der Waals surface area contributed by atoms with E-state index >= 15 is 0 Å². The summed E-state index contributed by atoms with van der Waals surface area (Å²) in [5, 5.41) is 2.31. The van der Waals surface area contributed by atoms with Crippen molar-refractivity contribution in [2.45, 2.75) is 6.92 Å². The van der Waals surface area contributed by atoms with Gasteiger partial charge in [0.25, 0.3) is 0 Å². The molecule has 0 aliphatic heterocycles. The molecule has 0 aliphatic rings. The minimum absolute atomic E-state index is 0.561. The molecule has 0 spiro atoms. The van der Waals surface area contributed by atoms with Crippen molar-refractivity contribution in [3.8, 4) is 11.1 Å². The molecule has 3 aromatic rings. The van der Waals surface area contributed by atoms with Gasteiger partial charge in [-0.2, -0.15) is 0 Å². The number of hydrogen-bond donors (Lipinski definition) is 0. The Morgan fingerprint density at radius 3 is 2.35 bits per heavy atom. The minimum Gasteiger partial charge on any atom is -0.0616 e. The maximum atomic E-state index is 7.62. The summed E-state index contributed by atoms with van der Waals surface area (Å²) in [4.78, 5) is 0. The SMILES string of the molecule is [3H]c1ccc2cc(-c3ccc(C)cc3)ccc2c1. The quantitative estimate of drug-likeness (QED) is 0.551. The van der Waals surface area contributed by atoms with Gasteiger partial charge in [-0.3, -0.25) is 0 Å². The third kappa shape index (κ3) is 1.94. The molecule has 17 heavy (non-hydrogen) atoms. The second-order valence-electron chi connectivity index (χ2n) is 4.35. The van der Waals surface area contributed by atoms with E-state index in [1.54, 1.807) is 0 Å². The Labute approximate surface area is 103 Å². The standard InChI is InChI=1S/C17H14/c1-13-6-8-15(9-7-13)17-11-10-14-4-2-3-5-16(14)12-17/h2-12H,1H3/i2T. The van der Waals surface area contributed by atoms with E-state index in [-0.39, 0.29) is 0 Å². The van der Waals surface area contributed by atoms with Gasteiger partial charge in [-0.05, 0) is 34.9 Å². The molecule has 3 aromatic carbocycles. The molecule has 0 saturated heterocycles. The molecule has 0 heteroatoms. The molecule has 0 bridgehead atoms. The van der Waals surface area contributed by atoms with Crippen LogP contribution in [0.25, 0.3) is 21.9 Å². The Morgan fingerprint density at radius 2 is 1.53 bits per heavy atom. The Balaban J connectivity index is 2.13. The fourth-order valence-electron chi connectivity index (χ4n) is 2.05. The summed E-state index contributed by atoms with van der Waals surface area (Å²) in [6.07, 6.45) is 0. The lowest BCUT2D eigenvalue weighted by atomic mass is 10.0. The molecular weight excluding hydrogens is 204 g/mol. The van der Waals surface area contributed by atoms with Crippen molar-refractivity contribution in [2.75, 3.05) is 0 Å². The van der Waals surface area contributed by atoms with Gasteiger partial charge in [0.2, 0.25) is 0 Å². The molecule has 0 N–H and O–H groups in total. The third-order valence-electron chi connectivity index (χ3n) is 3.07. The van der Waals surface area contributed by atoms with Crippen LogP contribution in [0.2, 0.25) is 0 Å². The molecule has 0 amide bonds. The molecule has 82 valence electrons. The molecule has 0 nitrogen and oxygen atoms in total. The van der Waals surface area contributed by atoms with E-state index in [1.807, 2.05) is 18.2 Å². The highest BCUT2D eigenvalue weighted by Crippen LogP contribution is 2.24. The topological polar surface area (TPSA) is 0 Å². The Hall–Kier alpha value is -2.08. The fraction of sp³-hybridized carbons (Fsp3) is 0.0588. The number of aryl methyl sites for hydroxylation is 1. The highest BCUT2D eigenvalue weighted by Gasteiger charge is 1.98. The molecule has 0 aliphatic carbocycles. The van der Waals surface area contributed by atoms with Crippen molar-refractivity contribution in [2.24, 2.45) is 0 Å². The van der Waals surface area contributed by atoms with Crippen LogP contribution in [0.5, 0.6) is 0 Å². The summed E-state index contributed by atoms with van der Waals surface area (Å²) in [6, 6.07) is 21.2. The van der Waals surface area contributed by atoms with Crippen molar-refractivity contribution in [3.63, 3.8) is 0 Å². The van der Waals surface area contributed by atoms with E-state index in [2.05, 4.69) is 49.4 Å². The predicted octanol–water partition coefficient (Wildman–Crippen LogP) is 4.82. The van der Waals surface area contributed by atoms with Gasteiger partial charge in [0, 0.05) is 0 Å². The maximum absolute atomic E-state index is 7.62. The molecular formula is C17H14. The monoisotopic (exact) mass is 220 g/mol. The summed E-state index contributed by atoms with van der Waals surface area (Å²) in [5.41, 5.74) is 3.73. The number of benzene rings is 3. The molecule has 0 fully saturated rings. The van der Waals surface area contributed by atoms with Crippen LogP contribution in [0.1, 0.15) is 6.93 Å². The summed E-state index contributed by atoms with van der Waals surface area (Å²) < 4.78 is 7.62.